The number of allylic oxidation sites excluding steroid dienone is 4. The first-order chi connectivity index (χ1) is 10.3. The Morgan fingerprint density at radius 3 is 2.24 bits per heavy atom. The molecule has 21 heavy (non-hydrogen) atoms. The lowest BCUT2D eigenvalue weighted by Crippen LogP contribution is -2.51. The largest absolute Gasteiger partial charge is 0.411 e. The summed E-state index contributed by atoms with van der Waals surface area (Å²) >= 11 is 0. The fourth-order valence-corrected chi connectivity index (χ4v) is 3.13. The normalized spacial score (nSPS) is 29.2. The van der Waals surface area contributed by atoms with Gasteiger partial charge in [0.25, 0.3) is 0 Å². The van der Waals surface area contributed by atoms with E-state index in [1.54, 1.807) is 0 Å². The molecule has 1 atom stereocenters. The highest BCUT2D eigenvalue weighted by molar-refractivity contribution is 5.89. The van der Waals surface area contributed by atoms with Crippen molar-refractivity contribution >= 4 is 5.71 Å². The van der Waals surface area contributed by atoms with Crippen molar-refractivity contribution in [1.29, 1.82) is 0 Å². The molecule has 0 radical (unpaired) electrons. The number of rotatable bonds is 1. The van der Waals surface area contributed by atoms with Crippen LogP contribution in [0.3, 0.4) is 0 Å². The van der Waals surface area contributed by atoms with Crippen molar-refractivity contribution in [1.82, 2.24) is 9.80 Å². The van der Waals surface area contributed by atoms with Gasteiger partial charge in [0.15, 0.2) is 0 Å². The van der Waals surface area contributed by atoms with E-state index in [1.165, 1.54) is 0 Å². The lowest BCUT2D eigenvalue weighted by Gasteiger charge is -2.38. The number of hydrogen-bond donors (Lipinski definition) is 1. The van der Waals surface area contributed by atoms with Gasteiger partial charge in [0.05, 0.1) is 11.8 Å². The van der Waals surface area contributed by atoms with Crippen LogP contribution in [0.1, 0.15) is 38.5 Å². The molecule has 4 nitrogen and oxygen atoms in total. The molecule has 0 aromatic rings. The van der Waals surface area contributed by atoms with Gasteiger partial charge in [-0.2, -0.15) is 0 Å². The van der Waals surface area contributed by atoms with Crippen LogP contribution >= 0.6 is 0 Å². The maximum Gasteiger partial charge on any atom is 0.0745 e. The van der Waals surface area contributed by atoms with Crippen molar-refractivity contribution in [3.63, 3.8) is 0 Å². The highest BCUT2D eigenvalue weighted by atomic mass is 16.4. The van der Waals surface area contributed by atoms with Gasteiger partial charge in [0.2, 0.25) is 0 Å². The lowest BCUT2D eigenvalue weighted by molar-refractivity contribution is 0.130. The molecular weight excluding hydrogens is 262 g/mol. The minimum Gasteiger partial charge on any atom is -0.411 e. The lowest BCUT2D eigenvalue weighted by atomic mass is 9.98. The van der Waals surface area contributed by atoms with Crippen LogP contribution in [-0.4, -0.2) is 60.0 Å². The monoisotopic (exact) mass is 291 g/mol. The second-order valence-electron chi connectivity index (χ2n) is 6.08. The molecule has 0 saturated carbocycles. The molecule has 0 aromatic heterocycles. The highest BCUT2D eigenvalue weighted by Crippen LogP contribution is 2.17. The Bertz CT molecular complexity index is 381. The number of oxime groups is 1. The SMILES string of the molecule is CN1CCN(C2CCC=CCCC=CCCC2=NO)CC1. The first-order valence-corrected chi connectivity index (χ1v) is 8.24. The van der Waals surface area contributed by atoms with Gasteiger partial charge in [0.1, 0.15) is 0 Å². The van der Waals surface area contributed by atoms with Crippen LogP contribution in [0.5, 0.6) is 0 Å². The third-order valence-corrected chi connectivity index (χ3v) is 4.50. The first-order valence-electron chi connectivity index (χ1n) is 8.24. The predicted molar refractivity (Wildman–Crippen MR) is 88.1 cm³/mol. The van der Waals surface area contributed by atoms with Crippen LogP contribution < -0.4 is 0 Å². The molecule has 1 fully saturated rings. The number of likely N-dealkylation sites (N-methyl/N-ethyl adjacent to an activating group) is 1. The molecule has 4 heteroatoms. The summed E-state index contributed by atoms with van der Waals surface area (Å²) in [7, 11) is 2.17. The molecule has 0 spiro atoms. The van der Waals surface area contributed by atoms with Crippen LogP contribution in [-0.2, 0) is 0 Å². The molecule has 1 unspecified atom stereocenters. The summed E-state index contributed by atoms with van der Waals surface area (Å²) in [4.78, 5) is 4.86. The van der Waals surface area contributed by atoms with Gasteiger partial charge >= 0.3 is 0 Å². The third-order valence-electron chi connectivity index (χ3n) is 4.50. The molecule has 1 aliphatic heterocycles. The summed E-state index contributed by atoms with van der Waals surface area (Å²) in [5.41, 5.74) is 0.957. The standard InChI is InChI=1S/C17H29N3O/c1-19-12-14-20(15-13-19)17-11-9-7-5-3-2-4-6-8-10-16(17)18-21/h4-7,17,21H,2-3,8-15H2,1H3. The molecule has 1 N–H and O–H groups in total. The van der Waals surface area contributed by atoms with Gasteiger partial charge in [-0.25, -0.2) is 0 Å². The fraction of sp³-hybridized carbons (Fsp3) is 0.706. The van der Waals surface area contributed by atoms with E-state index in [9.17, 15) is 5.21 Å². The summed E-state index contributed by atoms with van der Waals surface area (Å²) < 4.78 is 0. The Morgan fingerprint density at radius 1 is 0.952 bits per heavy atom. The average molecular weight is 291 g/mol. The number of piperazine rings is 1. The first kappa shape index (κ1) is 16.2. The minimum atomic E-state index is 0.293. The van der Waals surface area contributed by atoms with Crippen LogP contribution in [0.4, 0.5) is 0 Å². The van der Waals surface area contributed by atoms with Gasteiger partial charge in [-0.3, -0.25) is 4.90 Å². The summed E-state index contributed by atoms with van der Waals surface area (Å²) in [6.45, 7) is 4.34. The Morgan fingerprint density at radius 2 is 1.57 bits per heavy atom. The maximum atomic E-state index is 9.46. The van der Waals surface area contributed by atoms with E-state index < -0.39 is 0 Å². The van der Waals surface area contributed by atoms with Crippen molar-refractivity contribution in [3.8, 4) is 0 Å². The second-order valence-corrected chi connectivity index (χ2v) is 6.08. The van der Waals surface area contributed by atoms with E-state index >= 15 is 0 Å². The van der Waals surface area contributed by atoms with Crippen molar-refractivity contribution in [2.75, 3.05) is 33.2 Å². The molecule has 0 amide bonds. The quantitative estimate of drug-likeness (QED) is 0.459. The second kappa shape index (κ2) is 9.00. The zero-order valence-electron chi connectivity index (χ0n) is 13.2. The van der Waals surface area contributed by atoms with Crippen molar-refractivity contribution in [2.45, 2.75) is 44.6 Å². The average Bonchev–Trinajstić information content (AvgIpc) is 2.49. The molecule has 2 rings (SSSR count). The maximum absolute atomic E-state index is 9.46. The van der Waals surface area contributed by atoms with E-state index in [4.69, 9.17) is 0 Å². The van der Waals surface area contributed by atoms with Gasteiger partial charge in [0, 0.05) is 26.2 Å². The topological polar surface area (TPSA) is 39.1 Å². The summed E-state index contributed by atoms with van der Waals surface area (Å²) in [5, 5.41) is 13.1. The highest BCUT2D eigenvalue weighted by Gasteiger charge is 2.26. The Hall–Kier alpha value is -1.13. The zero-order chi connectivity index (χ0) is 14.9. The third kappa shape index (κ3) is 5.29. The Balaban J connectivity index is 2.04. The number of nitrogens with zero attached hydrogens (tertiary/aromatic N) is 3. The van der Waals surface area contributed by atoms with Gasteiger partial charge in [-0.1, -0.05) is 29.5 Å². The predicted octanol–water partition coefficient (Wildman–Crippen LogP) is 2.90. The molecule has 1 aliphatic carbocycles. The Kier molecular flexibility index (Phi) is 6.96. The fourth-order valence-electron chi connectivity index (χ4n) is 3.13. The molecular formula is C17H29N3O. The van der Waals surface area contributed by atoms with Crippen molar-refractivity contribution in [2.24, 2.45) is 5.16 Å². The molecule has 1 heterocycles. The van der Waals surface area contributed by atoms with E-state index in [1.807, 2.05) is 0 Å². The van der Waals surface area contributed by atoms with Gasteiger partial charge < -0.3 is 10.1 Å². The van der Waals surface area contributed by atoms with Crippen molar-refractivity contribution < 1.29 is 5.21 Å². The van der Waals surface area contributed by atoms with Crippen LogP contribution in [0.2, 0.25) is 0 Å². The van der Waals surface area contributed by atoms with Crippen LogP contribution in [0.25, 0.3) is 0 Å². The smallest absolute Gasteiger partial charge is 0.0745 e. The summed E-state index contributed by atoms with van der Waals surface area (Å²) in [5.74, 6) is 0. The van der Waals surface area contributed by atoms with Gasteiger partial charge in [-0.15, -0.1) is 0 Å². The Labute approximate surface area is 128 Å². The van der Waals surface area contributed by atoms with Crippen LogP contribution in [0.15, 0.2) is 29.5 Å². The molecule has 1 saturated heterocycles. The van der Waals surface area contributed by atoms with Crippen molar-refractivity contribution in [3.05, 3.63) is 24.3 Å². The molecule has 2 aliphatic rings. The van der Waals surface area contributed by atoms with Crippen LogP contribution in [0, 0.1) is 0 Å². The van der Waals surface area contributed by atoms with E-state index in [2.05, 4.69) is 46.3 Å². The van der Waals surface area contributed by atoms with E-state index in [0.717, 1.165) is 70.4 Å². The summed E-state index contributed by atoms with van der Waals surface area (Å²) in [6.07, 6.45) is 15.3. The minimum absolute atomic E-state index is 0.293. The van der Waals surface area contributed by atoms with Gasteiger partial charge in [-0.05, 0) is 45.6 Å². The zero-order valence-corrected chi connectivity index (χ0v) is 13.2. The molecule has 118 valence electrons. The van der Waals surface area contributed by atoms with E-state index in [-0.39, 0.29) is 0 Å². The molecule has 0 bridgehead atoms. The summed E-state index contributed by atoms with van der Waals surface area (Å²) in [6, 6.07) is 0.293. The van der Waals surface area contributed by atoms with E-state index in [0.29, 0.717) is 6.04 Å². The molecule has 0 aromatic carbocycles. The number of hydrogen-bond acceptors (Lipinski definition) is 4.